The molecule has 1 aliphatic heterocycles. The van der Waals surface area contributed by atoms with Crippen LogP contribution in [0.5, 0.6) is 0 Å². The largest absolute Gasteiger partial charge is 0.297 e. The number of aryl methyl sites for hydroxylation is 1. The Hall–Kier alpha value is -1.69. The molecule has 0 spiro atoms. The van der Waals surface area contributed by atoms with Gasteiger partial charge in [-0.05, 0) is 32.2 Å². The van der Waals surface area contributed by atoms with Crippen LogP contribution in [0.1, 0.15) is 61.7 Å². The Kier molecular flexibility index (Phi) is 4.16. The van der Waals surface area contributed by atoms with E-state index in [4.69, 9.17) is 5.10 Å². The lowest BCUT2D eigenvalue weighted by molar-refractivity contribution is 0.162. The lowest BCUT2D eigenvalue weighted by Gasteiger charge is -2.32. The molecule has 2 aromatic heterocycles. The van der Waals surface area contributed by atoms with Crippen molar-refractivity contribution in [2.45, 2.75) is 57.0 Å². The molecule has 6 nitrogen and oxygen atoms in total. The van der Waals surface area contributed by atoms with E-state index in [1.54, 1.807) is 6.33 Å². The summed E-state index contributed by atoms with van der Waals surface area (Å²) in [4.78, 5) is 6.66. The van der Waals surface area contributed by atoms with Crippen LogP contribution in [0, 0.1) is 0 Å². The summed E-state index contributed by atoms with van der Waals surface area (Å²) >= 11 is 0. The van der Waals surface area contributed by atoms with Gasteiger partial charge in [-0.3, -0.25) is 9.58 Å². The van der Waals surface area contributed by atoms with Gasteiger partial charge in [-0.1, -0.05) is 12.8 Å². The second-order valence-electron chi connectivity index (χ2n) is 7.10. The third kappa shape index (κ3) is 3.17. The number of rotatable bonds is 4. The van der Waals surface area contributed by atoms with Crippen LogP contribution in [-0.4, -0.2) is 42.5 Å². The van der Waals surface area contributed by atoms with E-state index in [0.717, 1.165) is 13.1 Å². The Morgan fingerprint density at radius 2 is 2.04 bits per heavy atom. The molecule has 2 fully saturated rings. The maximum Gasteiger partial charge on any atom is 0.137 e. The van der Waals surface area contributed by atoms with Gasteiger partial charge in [-0.15, -0.1) is 0 Å². The highest BCUT2D eigenvalue weighted by Gasteiger charge is 2.26. The van der Waals surface area contributed by atoms with Crippen molar-refractivity contribution in [1.82, 2.24) is 29.4 Å². The van der Waals surface area contributed by atoms with Crippen molar-refractivity contribution in [3.63, 3.8) is 0 Å². The van der Waals surface area contributed by atoms with Crippen LogP contribution in [-0.2, 0) is 13.6 Å². The highest BCUT2D eigenvalue weighted by atomic mass is 15.4. The molecule has 2 aromatic rings. The van der Waals surface area contributed by atoms with Crippen LogP contribution in [0.4, 0.5) is 0 Å². The van der Waals surface area contributed by atoms with Crippen molar-refractivity contribution in [3.8, 4) is 0 Å². The number of hydrogen-bond acceptors (Lipinski definition) is 4. The summed E-state index contributed by atoms with van der Waals surface area (Å²) in [5, 5.41) is 9.12. The number of aromatic nitrogens is 5. The van der Waals surface area contributed by atoms with Gasteiger partial charge in [-0.25, -0.2) is 9.67 Å². The van der Waals surface area contributed by atoms with Crippen LogP contribution < -0.4 is 0 Å². The minimum Gasteiger partial charge on any atom is -0.297 e. The summed E-state index contributed by atoms with van der Waals surface area (Å²) < 4.78 is 4.02. The minimum atomic E-state index is 0.456. The zero-order valence-electron chi connectivity index (χ0n) is 13.9. The molecular formula is C17H26N6. The van der Waals surface area contributed by atoms with Crippen molar-refractivity contribution in [2.24, 2.45) is 7.05 Å². The Morgan fingerprint density at radius 1 is 1.17 bits per heavy atom. The topological polar surface area (TPSA) is 51.8 Å². The molecule has 6 heteroatoms. The molecule has 0 N–H and O–H groups in total. The van der Waals surface area contributed by atoms with Crippen molar-refractivity contribution in [2.75, 3.05) is 13.1 Å². The zero-order chi connectivity index (χ0) is 15.6. The van der Waals surface area contributed by atoms with Crippen LogP contribution in [0.2, 0.25) is 0 Å². The predicted octanol–water partition coefficient (Wildman–Crippen LogP) is 2.51. The molecule has 1 atom stereocenters. The van der Waals surface area contributed by atoms with Gasteiger partial charge in [0.05, 0.1) is 11.7 Å². The van der Waals surface area contributed by atoms with Crippen LogP contribution >= 0.6 is 0 Å². The molecule has 3 heterocycles. The highest BCUT2D eigenvalue weighted by molar-refractivity contribution is 5.22. The molecule has 0 unspecified atom stereocenters. The second-order valence-corrected chi connectivity index (χ2v) is 7.10. The molecule has 2 aliphatic rings. The van der Waals surface area contributed by atoms with Crippen molar-refractivity contribution in [3.05, 3.63) is 30.1 Å². The summed E-state index contributed by atoms with van der Waals surface area (Å²) in [5.74, 6) is 0.683. The maximum atomic E-state index is 4.79. The third-order valence-corrected chi connectivity index (χ3v) is 5.36. The van der Waals surface area contributed by atoms with E-state index in [1.807, 2.05) is 15.7 Å². The molecular weight excluding hydrogens is 288 g/mol. The van der Waals surface area contributed by atoms with Gasteiger partial charge >= 0.3 is 0 Å². The summed E-state index contributed by atoms with van der Waals surface area (Å²) in [5.41, 5.74) is 2.78. The first-order valence-electron chi connectivity index (χ1n) is 8.88. The lowest BCUT2D eigenvalue weighted by atomic mass is 9.99. The van der Waals surface area contributed by atoms with Crippen molar-refractivity contribution in [1.29, 1.82) is 0 Å². The maximum absolute atomic E-state index is 4.79. The first-order chi connectivity index (χ1) is 11.3. The Balaban J connectivity index is 1.47. The number of hydrogen-bond donors (Lipinski definition) is 0. The van der Waals surface area contributed by atoms with Gasteiger partial charge in [0.25, 0.3) is 0 Å². The predicted molar refractivity (Wildman–Crippen MR) is 88.0 cm³/mol. The van der Waals surface area contributed by atoms with Crippen LogP contribution in [0.15, 0.2) is 18.9 Å². The molecule has 0 amide bonds. The molecule has 0 radical (unpaired) electrons. The Labute approximate surface area is 137 Å². The third-order valence-electron chi connectivity index (χ3n) is 5.36. The van der Waals surface area contributed by atoms with E-state index in [1.165, 1.54) is 56.3 Å². The van der Waals surface area contributed by atoms with Gasteiger partial charge in [-0.2, -0.15) is 10.2 Å². The molecule has 1 saturated carbocycles. The fourth-order valence-electron chi connectivity index (χ4n) is 4.26. The molecule has 4 rings (SSSR count). The quantitative estimate of drug-likeness (QED) is 0.870. The molecule has 1 saturated heterocycles. The van der Waals surface area contributed by atoms with E-state index >= 15 is 0 Å². The van der Waals surface area contributed by atoms with E-state index in [9.17, 15) is 0 Å². The van der Waals surface area contributed by atoms with E-state index in [0.29, 0.717) is 12.0 Å². The summed E-state index contributed by atoms with van der Waals surface area (Å²) in [6.45, 7) is 3.25. The molecule has 23 heavy (non-hydrogen) atoms. The summed E-state index contributed by atoms with van der Waals surface area (Å²) in [7, 11) is 2.05. The summed E-state index contributed by atoms with van der Waals surface area (Å²) in [6, 6.07) is 0.456. The van der Waals surface area contributed by atoms with Gasteiger partial charge in [0, 0.05) is 37.8 Å². The average molecular weight is 314 g/mol. The van der Waals surface area contributed by atoms with E-state index in [-0.39, 0.29) is 0 Å². The van der Waals surface area contributed by atoms with Crippen molar-refractivity contribution < 1.29 is 0 Å². The molecule has 0 bridgehead atoms. The number of piperidine rings is 1. The van der Waals surface area contributed by atoms with Gasteiger partial charge < -0.3 is 0 Å². The van der Waals surface area contributed by atoms with Crippen LogP contribution in [0.25, 0.3) is 0 Å². The van der Waals surface area contributed by atoms with E-state index < -0.39 is 0 Å². The highest BCUT2D eigenvalue weighted by Crippen LogP contribution is 2.35. The van der Waals surface area contributed by atoms with Crippen molar-refractivity contribution >= 4 is 0 Å². The molecule has 124 valence electrons. The lowest BCUT2D eigenvalue weighted by Crippen LogP contribution is -2.36. The van der Waals surface area contributed by atoms with Gasteiger partial charge in [0.1, 0.15) is 12.7 Å². The van der Waals surface area contributed by atoms with Gasteiger partial charge in [0.15, 0.2) is 0 Å². The minimum absolute atomic E-state index is 0.456. The normalized spacial score (nSPS) is 23.6. The number of likely N-dealkylation sites (tertiary alicyclic amines) is 1. The summed E-state index contributed by atoms with van der Waals surface area (Å²) in [6.07, 6.45) is 13.5. The average Bonchev–Trinajstić information content (AvgIpc) is 3.29. The first-order valence-corrected chi connectivity index (χ1v) is 8.88. The SMILES string of the molecule is Cn1cc(CN2CCC[C@H](n3cncn3)C2)c(C2CCCC2)n1. The number of nitrogens with zero attached hydrogens (tertiary/aromatic N) is 6. The molecule has 0 aromatic carbocycles. The Bertz CT molecular complexity index is 626. The second kappa shape index (κ2) is 6.43. The van der Waals surface area contributed by atoms with Gasteiger partial charge in [0.2, 0.25) is 0 Å². The van der Waals surface area contributed by atoms with E-state index in [2.05, 4.69) is 28.2 Å². The standard InChI is InChI=1S/C17H26N6/c1-21-9-15(17(20-21)14-5-2-3-6-14)10-22-8-4-7-16(11-22)23-13-18-12-19-23/h9,12-14,16H,2-8,10-11H2,1H3/t16-/m0/s1. The smallest absolute Gasteiger partial charge is 0.137 e. The zero-order valence-corrected chi connectivity index (χ0v) is 13.9. The molecule has 1 aliphatic carbocycles. The van der Waals surface area contributed by atoms with Crippen LogP contribution in [0.3, 0.4) is 0 Å². The fourth-order valence-corrected chi connectivity index (χ4v) is 4.26. The monoisotopic (exact) mass is 314 g/mol. The Morgan fingerprint density at radius 3 is 2.83 bits per heavy atom. The fraction of sp³-hybridized carbons (Fsp3) is 0.706. The first kappa shape index (κ1) is 14.9.